The summed E-state index contributed by atoms with van der Waals surface area (Å²) in [6.07, 6.45) is 4.00. The number of fused-ring (bicyclic) bond motifs is 2. The average molecular weight is 302 g/mol. The van der Waals surface area contributed by atoms with Crippen molar-refractivity contribution in [2.45, 2.75) is 32.6 Å². The van der Waals surface area contributed by atoms with Gasteiger partial charge in [0.05, 0.1) is 18.9 Å². The summed E-state index contributed by atoms with van der Waals surface area (Å²) in [5.74, 6) is 2.33. The molecule has 1 unspecified atom stereocenters. The number of nitrogens with zero attached hydrogens (tertiary/aromatic N) is 1. The predicted octanol–water partition coefficient (Wildman–Crippen LogP) is 2.82. The number of hydrogen-bond acceptors (Lipinski definition) is 3. The summed E-state index contributed by atoms with van der Waals surface area (Å²) < 4.78 is 11.5. The molecular weight excluding hydrogens is 280 g/mol. The number of amides is 2. The van der Waals surface area contributed by atoms with Gasteiger partial charge in [0.15, 0.2) is 0 Å². The van der Waals surface area contributed by atoms with Gasteiger partial charge in [-0.2, -0.15) is 0 Å². The number of piperidine rings is 1. The van der Waals surface area contributed by atoms with Gasteiger partial charge < -0.3 is 19.7 Å². The van der Waals surface area contributed by atoms with Gasteiger partial charge in [0.1, 0.15) is 11.5 Å². The first kappa shape index (κ1) is 13.7. The van der Waals surface area contributed by atoms with E-state index in [1.165, 1.54) is 6.42 Å². The molecule has 0 saturated carbocycles. The highest BCUT2D eigenvalue weighted by Crippen LogP contribution is 2.44. The van der Waals surface area contributed by atoms with Gasteiger partial charge in [-0.25, -0.2) is 4.79 Å². The van der Waals surface area contributed by atoms with E-state index in [2.05, 4.69) is 18.3 Å². The Bertz CT molecular complexity index is 582. The number of carbonyl (C=O) groups excluding carboxylic acids is 1. The maximum absolute atomic E-state index is 12.6. The van der Waals surface area contributed by atoms with E-state index in [-0.39, 0.29) is 6.03 Å². The number of rotatable bonds is 1. The number of urea groups is 1. The van der Waals surface area contributed by atoms with Gasteiger partial charge in [0.2, 0.25) is 0 Å². The molecule has 3 aliphatic rings. The van der Waals surface area contributed by atoms with Crippen LogP contribution >= 0.6 is 0 Å². The number of carbonyl (C=O) groups is 1. The maximum atomic E-state index is 12.6. The summed E-state index contributed by atoms with van der Waals surface area (Å²) in [7, 11) is 0. The van der Waals surface area contributed by atoms with Crippen LogP contribution in [0.3, 0.4) is 0 Å². The number of ether oxygens (including phenoxy) is 2. The van der Waals surface area contributed by atoms with E-state index in [1.54, 1.807) is 0 Å². The molecule has 1 aromatic carbocycles. The van der Waals surface area contributed by atoms with Crippen molar-refractivity contribution in [3.8, 4) is 11.5 Å². The van der Waals surface area contributed by atoms with E-state index in [0.717, 1.165) is 60.7 Å². The lowest BCUT2D eigenvalue weighted by molar-refractivity contribution is 0.182. The SMILES string of the molecule is CC1CCCN(C(=O)Nc2c3c(cc4c2OCC4)OCC3)C1. The lowest BCUT2D eigenvalue weighted by atomic mass is 10.0. The van der Waals surface area contributed by atoms with Crippen molar-refractivity contribution >= 4 is 11.7 Å². The van der Waals surface area contributed by atoms with Crippen LogP contribution in [0, 0.1) is 5.92 Å². The fourth-order valence-corrected chi connectivity index (χ4v) is 3.68. The fourth-order valence-electron chi connectivity index (χ4n) is 3.68. The standard InChI is InChI=1S/C17H22N2O3/c1-11-3-2-6-19(10-11)17(20)18-15-13-5-8-21-14(13)9-12-4-7-22-16(12)15/h9,11H,2-8,10H2,1H3,(H,18,20). The molecule has 0 aromatic heterocycles. The first-order chi connectivity index (χ1) is 10.7. The average Bonchev–Trinajstić information content (AvgIpc) is 3.15. The van der Waals surface area contributed by atoms with Crippen LogP contribution in [0.5, 0.6) is 11.5 Å². The first-order valence-electron chi connectivity index (χ1n) is 8.22. The lowest BCUT2D eigenvalue weighted by Gasteiger charge is -2.31. The molecule has 2 amide bonds. The Hall–Kier alpha value is -1.91. The Balaban J connectivity index is 1.61. The van der Waals surface area contributed by atoms with Crippen LogP contribution < -0.4 is 14.8 Å². The molecule has 5 heteroatoms. The van der Waals surface area contributed by atoms with Crippen LogP contribution in [-0.4, -0.2) is 37.2 Å². The Kier molecular flexibility index (Phi) is 3.36. The molecular formula is C17H22N2O3. The molecule has 3 heterocycles. The monoisotopic (exact) mass is 302 g/mol. The number of hydrogen-bond donors (Lipinski definition) is 1. The smallest absolute Gasteiger partial charge is 0.321 e. The molecule has 4 rings (SSSR count). The van der Waals surface area contributed by atoms with Gasteiger partial charge in [-0.15, -0.1) is 0 Å². The normalized spacial score (nSPS) is 22.6. The Labute approximate surface area is 130 Å². The largest absolute Gasteiger partial charge is 0.493 e. The molecule has 5 nitrogen and oxygen atoms in total. The van der Waals surface area contributed by atoms with E-state index in [4.69, 9.17) is 9.47 Å². The highest BCUT2D eigenvalue weighted by Gasteiger charge is 2.29. The molecule has 0 aliphatic carbocycles. The molecule has 1 saturated heterocycles. The van der Waals surface area contributed by atoms with Crippen molar-refractivity contribution in [2.24, 2.45) is 5.92 Å². The highest BCUT2D eigenvalue weighted by atomic mass is 16.5. The van der Waals surface area contributed by atoms with Crippen molar-refractivity contribution in [1.29, 1.82) is 0 Å². The van der Waals surface area contributed by atoms with Crippen LogP contribution in [0.25, 0.3) is 0 Å². The van der Waals surface area contributed by atoms with Gasteiger partial charge in [-0.05, 0) is 24.8 Å². The molecule has 0 radical (unpaired) electrons. The summed E-state index contributed by atoms with van der Waals surface area (Å²) in [4.78, 5) is 14.6. The van der Waals surface area contributed by atoms with Gasteiger partial charge in [-0.3, -0.25) is 0 Å². The Morgan fingerprint density at radius 2 is 2.18 bits per heavy atom. The summed E-state index contributed by atoms with van der Waals surface area (Å²) >= 11 is 0. The molecule has 1 aromatic rings. The molecule has 1 N–H and O–H groups in total. The van der Waals surface area contributed by atoms with Crippen LogP contribution in [-0.2, 0) is 12.8 Å². The van der Waals surface area contributed by atoms with Crippen molar-refractivity contribution in [3.63, 3.8) is 0 Å². The van der Waals surface area contributed by atoms with E-state index in [0.29, 0.717) is 19.1 Å². The maximum Gasteiger partial charge on any atom is 0.321 e. The van der Waals surface area contributed by atoms with E-state index >= 15 is 0 Å². The zero-order valence-electron chi connectivity index (χ0n) is 13.0. The first-order valence-corrected chi connectivity index (χ1v) is 8.22. The van der Waals surface area contributed by atoms with E-state index in [1.807, 2.05) is 4.90 Å². The predicted molar refractivity (Wildman–Crippen MR) is 83.8 cm³/mol. The lowest BCUT2D eigenvalue weighted by Crippen LogP contribution is -2.41. The molecule has 1 atom stereocenters. The third kappa shape index (κ3) is 2.28. The highest BCUT2D eigenvalue weighted by molar-refractivity contribution is 5.93. The number of benzene rings is 1. The third-order valence-electron chi connectivity index (χ3n) is 4.83. The number of anilines is 1. The fraction of sp³-hybridized carbons (Fsp3) is 0.588. The van der Waals surface area contributed by atoms with Crippen molar-refractivity contribution in [3.05, 3.63) is 17.2 Å². The van der Waals surface area contributed by atoms with Crippen LogP contribution in [0.15, 0.2) is 6.07 Å². The van der Waals surface area contributed by atoms with Crippen molar-refractivity contribution in [1.82, 2.24) is 4.90 Å². The van der Waals surface area contributed by atoms with Crippen molar-refractivity contribution < 1.29 is 14.3 Å². The van der Waals surface area contributed by atoms with E-state index < -0.39 is 0 Å². The molecule has 22 heavy (non-hydrogen) atoms. The van der Waals surface area contributed by atoms with E-state index in [9.17, 15) is 4.79 Å². The second-order valence-corrected chi connectivity index (χ2v) is 6.54. The molecule has 0 bridgehead atoms. The van der Waals surface area contributed by atoms with Crippen molar-refractivity contribution in [2.75, 3.05) is 31.6 Å². The molecule has 118 valence electrons. The van der Waals surface area contributed by atoms with Gasteiger partial charge in [0, 0.05) is 37.1 Å². The number of likely N-dealkylation sites (tertiary alicyclic amines) is 1. The second kappa shape index (κ2) is 5.38. The minimum absolute atomic E-state index is 0.00968. The van der Waals surface area contributed by atoms with Crippen LogP contribution in [0.1, 0.15) is 30.9 Å². The van der Waals surface area contributed by atoms with Gasteiger partial charge in [0.25, 0.3) is 0 Å². The van der Waals surface area contributed by atoms with Gasteiger partial charge in [-0.1, -0.05) is 6.92 Å². The van der Waals surface area contributed by atoms with Crippen LogP contribution in [0.4, 0.5) is 10.5 Å². The zero-order chi connectivity index (χ0) is 15.1. The second-order valence-electron chi connectivity index (χ2n) is 6.54. The van der Waals surface area contributed by atoms with Gasteiger partial charge >= 0.3 is 6.03 Å². The summed E-state index contributed by atoms with van der Waals surface area (Å²) in [6.45, 7) is 5.24. The quantitative estimate of drug-likeness (QED) is 0.868. The third-order valence-corrected chi connectivity index (χ3v) is 4.83. The zero-order valence-corrected chi connectivity index (χ0v) is 13.0. The minimum Gasteiger partial charge on any atom is -0.493 e. The topological polar surface area (TPSA) is 50.8 Å². The Morgan fingerprint density at radius 1 is 1.32 bits per heavy atom. The molecule has 1 fully saturated rings. The molecule has 3 aliphatic heterocycles. The molecule has 0 spiro atoms. The van der Waals surface area contributed by atoms with Crippen LogP contribution in [0.2, 0.25) is 0 Å². The summed E-state index contributed by atoms with van der Waals surface area (Å²) in [6, 6.07) is 2.06. The Morgan fingerprint density at radius 3 is 3.05 bits per heavy atom. The summed E-state index contributed by atoms with van der Waals surface area (Å²) in [5.41, 5.74) is 3.06. The minimum atomic E-state index is -0.00968. The summed E-state index contributed by atoms with van der Waals surface area (Å²) in [5, 5.41) is 3.11. The number of nitrogens with one attached hydrogen (secondary N) is 1.